The zero-order valence-corrected chi connectivity index (χ0v) is 17.0. The van der Waals surface area contributed by atoms with Crippen molar-refractivity contribution in [3.8, 4) is 5.75 Å². The molecular weight excluding hydrogens is 352 g/mol. The molecule has 1 aromatic heterocycles. The first-order valence-electron chi connectivity index (χ1n) is 9.92. The number of rotatable bonds is 7. The third-order valence-electron chi connectivity index (χ3n) is 4.81. The van der Waals surface area contributed by atoms with E-state index in [9.17, 15) is 0 Å². The molecule has 0 aliphatic carbocycles. The lowest BCUT2D eigenvalue weighted by Crippen LogP contribution is -2.46. The smallest absolute Gasteiger partial charge is 0.132 e. The van der Waals surface area contributed by atoms with Crippen LogP contribution in [-0.2, 0) is 0 Å². The molecule has 7 heteroatoms. The second kappa shape index (κ2) is 9.01. The Morgan fingerprint density at radius 3 is 2.61 bits per heavy atom. The Balaban J connectivity index is 1.78. The Hall–Kier alpha value is -2.67. The molecule has 0 radical (unpaired) electrons. The lowest BCUT2D eigenvalue weighted by atomic mass is 10.0. The summed E-state index contributed by atoms with van der Waals surface area (Å²) >= 11 is 0. The predicted molar refractivity (Wildman–Crippen MR) is 114 cm³/mol. The molecule has 1 aliphatic rings. The zero-order valence-electron chi connectivity index (χ0n) is 17.0. The monoisotopic (exact) mass is 382 g/mol. The fraction of sp³-hybridized carbons (Fsp3) is 0.476. The molecule has 3 rings (SSSR count). The minimum absolute atomic E-state index is 0.0580. The highest BCUT2D eigenvalue weighted by Gasteiger charge is 2.19. The van der Waals surface area contributed by atoms with Crippen LogP contribution in [0.25, 0.3) is 0 Å². The third kappa shape index (κ3) is 4.78. The molecular formula is C21H30N6O. The fourth-order valence-electron chi connectivity index (χ4n) is 3.41. The Kier molecular flexibility index (Phi) is 6.46. The highest BCUT2D eigenvalue weighted by molar-refractivity contribution is 6.13. The molecule has 0 bridgehead atoms. The van der Waals surface area contributed by atoms with Gasteiger partial charge in [-0.3, -0.25) is 10.3 Å². The first-order chi connectivity index (χ1) is 13.5. The molecule has 0 atom stereocenters. The van der Waals surface area contributed by atoms with Gasteiger partial charge in [0.05, 0.1) is 17.5 Å². The summed E-state index contributed by atoms with van der Waals surface area (Å²) in [4.78, 5) is 13.5. The number of hydrogen-bond donors (Lipinski definition) is 2. The van der Waals surface area contributed by atoms with E-state index in [1.54, 1.807) is 6.07 Å². The van der Waals surface area contributed by atoms with Gasteiger partial charge >= 0.3 is 0 Å². The van der Waals surface area contributed by atoms with Gasteiger partial charge in [-0.15, -0.1) is 0 Å². The van der Waals surface area contributed by atoms with Gasteiger partial charge in [0.2, 0.25) is 0 Å². The van der Waals surface area contributed by atoms with Gasteiger partial charge in [-0.05, 0) is 45.0 Å². The summed E-state index contributed by atoms with van der Waals surface area (Å²) in [5.74, 6) is 1.56. The van der Waals surface area contributed by atoms with Crippen molar-refractivity contribution in [2.45, 2.75) is 33.3 Å². The molecule has 2 heterocycles. The summed E-state index contributed by atoms with van der Waals surface area (Å²) in [6.45, 7) is 11.2. The molecule has 0 amide bonds. The molecule has 1 fully saturated rings. The number of benzene rings is 1. The van der Waals surface area contributed by atoms with Gasteiger partial charge in [0.15, 0.2) is 0 Å². The minimum atomic E-state index is 0.0580. The van der Waals surface area contributed by atoms with Crippen LogP contribution in [0.15, 0.2) is 30.6 Å². The topological polar surface area (TPSA) is 91.4 Å². The molecule has 2 aromatic rings. The van der Waals surface area contributed by atoms with E-state index in [-0.39, 0.29) is 11.8 Å². The summed E-state index contributed by atoms with van der Waals surface area (Å²) in [6, 6.07) is 7.29. The van der Waals surface area contributed by atoms with Crippen LogP contribution < -0.4 is 15.4 Å². The summed E-state index contributed by atoms with van der Waals surface area (Å²) in [5, 5.41) is 8.64. The highest BCUT2D eigenvalue weighted by atomic mass is 16.5. The number of hydrogen-bond acceptors (Lipinski definition) is 7. The van der Waals surface area contributed by atoms with Gasteiger partial charge in [-0.25, -0.2) is 9.97 Å². The quantitative estimate of drug-likeness (QED) is 0.565. The van der Waals surface area contributed by atoms with Crippen LogP contribution in [-0.4, -0.2) is 59.4 Å². The molecule has 150 valence electrons. The Labute approximate surface area is 167 Å². The van der Waals surface area contributed by atoms with E-state index < -0.39 is 0 Å². The first kappa shape index (κ1) is 20.1. The van der Waals surface area contributed by atoms with Gasteiger partial charge < -0.3 is 15.4 Å². The number of piperazine rings is 1. The number of nitrogen functional groups attached to an aromatic ring is 1. The summed E-state index contributed by atoms with van der Waals surface area (Å²) in [5.41, 5.74) is 8.13. The van der Waals surface area contributed by atoms with Crippen LogP contribution in [0.1, 0.15) is 38.4 Å². The fourth-order valence-corrected chi connectivity index (χ4v) is 3.41. The van der Waals surface area contributed by atoms with E-state index >= 15 is 0 Å². The normalized spacial score (nSPS) is 15.1. The van der Waals surface area contributed by atoms with E-state index in [4.69, 9.17) is 15.9 Å². The number of nitrogens with zero attached hydrogens (tertiary/aromatic N) is 4. The molecule has 0 unspecified atom stereocenters. The largest absolute Gasteiger partial charge is 0.491 e. The second-order valence-corrected chi connectivity index (χ2v) is 7.38. The van der Waals surface area contributed by atoms with Crippen LogP contribution in [0.5, 0.6) is 5.75 Å². The average molecular weight is 383 g/mol. The van der Waals surface area contributed by atoms with Crippen LogP contribution in [0.3, 0.4) is 0 Å². The van der Waals surface area contributed by atoms with Gasteiger partial charge in [0.25, 0.3) is 0 Å². The van der Waals surface area contributed by atoms with Gasteiger partial charge in [0.1, 0.15) is 17.9 Å². The summed E-state index contributed by atoms with van der Waals surface area (Å²) in [6.07, 6.45) is 2.76. The lowest BCUT2D eigenvalue weighted by molar-refractivity contribution is 0.242. The molecule has 1 aromatic carbocycles. The second-order valence-electron chi connectivity index (χ2n) is 7.38. The van der Waals surface area contributed by atoms with Crippen LogP contribution in [0.2, 0.25) is 0 Å². The van der Waals surface area contributed by atoms with E-state index in [2.05, 4.69) is 26.7 Å². The number of aromatic nitrogens is 2. The van der Waals surface area contributed by atoms with Gasteiger partial charge in [-0.1, -0.05) is 6.92 Å². The molecule has 0 saturated carbocycles. The van der Waals surface area contributed by atoms with Crippen LogP contribution >= 0.6 is 0 Å². The van der Waals surface area contributed by atoms with E-state index in [1.165, 1.54) is 12.7 Å². The Bertz CT molecular complexity index is 814. The average Bonchev–Trinajstić information content (AvgIpc) is 2.69. The van der Waals surface area contributed by atoms with Crippen molar-refractivity contribution in [1.29, 1.82) is 5.41 Å². The SMILES string of the molecule is CCCN1CCN(c2cc(C(=N)c3cc(OC(C)C)ccc3N)ncn2)CC1. The van der Waals surface area contributed by atoms with Crippen LogP contribution in [0.4, 0.5) is 11.5 Å². The zero-order chi connectivity index (χ0) is 20.1. The van der Waals surface area contributed by atoms with Crippen molar-refractivity contribution in [3.05, 3.63) is 41.9 Å². The van der Waals surface area contributed by atoms with Crippen molar-refractivity contribution in [3.63, 3.8) is 0 Å². The maximum absolute atomic E-state index is 8.64. The van der Waals surface area contributed by atoms with Gasteiger partial charge in [-0.2, -0.15) is 0 Å². The van der Waals surface area contributed by atoms with Crippen molar-refractivity contribution in [2.24, 2.45) is 0 Å². The van der Waals surface area contributed by atoms with Crippen molar-refractivity contribution >= 4 is 17.2 Å². The maximum Gasteiger partial charge on any atom is 0.132 e. The molecule has 1 aliphatic heterocycles. The standard InChI is InChI=1S/C21H30N6O/c1-4-7-26-8-10-27(11-9-26)20-13-19(24-14-25-20)21(23)17-12-16(28-15(2)3)5-6-18(17)22/h5-6,12-15,23H,4,7-11,22H2,1-3H3. The first-order valence-corrected chi connectivity index (χ1v) is 9.92. The molecule has 28 heavy (non-hydrogen) atoms. The van der Waals surface area contributed by atoms with Crippen molar-refractivity contribution in [1.82, 2.24) is 14.9 Å². The number of ether oxygens (including phenoxy) is 1. The van der Waals surface area contributed by atoms with Crippen LogP contribution in [0, 0.1) is 5.41 Å². The summed E-state index contributed by atoms with van der Waals surface area (Å²) in [7, 11) is 0. The third-order valence-corrected chi connectivity index (χ3v) is 4.81. The number of nitrogens with one attached hydrogen (secondary N) is 1. The number of anilines is 2. The highest BCUT2D eigenvalue weighted by Crippen LogP contribution is 2.24. The van der Waals surface area contributed by atoms with E-state index in [0.717, 1.165) is 38.5 Å². The Morgan fingerprint density at radius 2 is 1.93 bits per heavy atom. The number of nitrogens with two attached hydrogens (primary N) is 1. The predicted octanol–water partition coefficient (Wildman–Crippen LogP) is 2.79. The van der Waals surface area contributed by atoms with Crippen molar-refractivity contribution < 1.29 is 4.74 Å². The molecule has 3 N–H and O–H groups in total. The van der Waals surface area contributed by atoms with Crippen molar-refractivity contribution in [2.75, 3.05) is 43.4 Å². The minimum Gasteiger partial charge on any atom is -0.491 e. The summed E-state index contributed by atoms with van der Waals surface area (Å²) < 4.78 is 5.75. The van der Waals surface area contributed by atoms with E-state index in [0.29, 0.717) is 22.7 Å². The maximum atomic E-state index is 8.64. The molecule has 0 spiro atoms. The van der Waals surface area contributed by atoms with E-state index in [1.807, 2.05) is 32.0 Å². The molecule has 1 saturated heterocycles. The van der Waals surface area contributed by atoms with Gasteiger partial charge in [0, 0.05) is 43.5 Å². The molecule has 7 nitrogen and oxygen atoms in total. The Morgan fingerprint density at radius 1 is 1.18 bits per heavy atom. The lowest BCUT2D eigenvalue weighted by Gasteiger charge is -2.35.